The Balaban J connectivity index is 1.20. The van der Waals surface area contributed by atoms with Gasteiger partial charge in [0.15, 0.2) is 5.96 Å². The van der Waals surface area contributed by atoms with Crippen LogP contribution in [0.3, 0.4) is 0 Å². The number of ether oxygens (including phenoxy) is 1. The van der Waals surface area contributed by atoms with E-state index in [2.05, 4.69) is 61.5 Å². The third-order valence-corrected chi connectivity index (χ3v) is 5.95. The molecule has 0 saturated carbocycles. The quantitative estimate of drug-likeness (QED) is 0.564. The number of aliphatic imine (C=N–C) groups is 1. The fraction of sp³-hybridized carbons (Fsp3) is 0.500. The maximum absolute atomic E-state index is 5.95. The Morgan fingerprint density at radius 1 is 1.10 bits per heavy atom. The molecule has 30 heavy (non-hydrogen) atoms. The Labute approximate surface area is 180 Å². The molecule has 1 unspecified atom stereocenters. The highest BCUT2D eigenvalue weighted by Crippen LogP contribution is 2.19. The Hall–Kier alpha value is -2.60. The monoisotopic (exact) mass is 407 g/mol. The Kier molecular flexibility index (Phi) is 7.19. The van der Waals surface area contributed by atoms with Crippen molar-refractivity contribution in [2.75, 3.05) is 44.7 Å². The summed E-state index contributed by atoms with van der Waals surface area (Å²) in [6.45, 7) is 6.48. The number of pyridine rings is 1. The normalized spacial score (nSPS) is 19.5. The molecular formula is C24H33N5O. The van der Waals surface area contributed by atoms with Crippen molar-refractivity contribution < 1.29 is 4.74 Å². The van der Waals surface area contributed by atoms with Gasteiger partial charge in [0.05, 0.1) is 13.2 Å². The molecule has 2 saturated heterocycles. The van der Waals surface area contributed by atoms with Crippen LogP contribution in [0, 0.1) is 5.92 Å². The first-order valence-corrected chi connectivity index (χ1v) is 11.1. The molecule has 160 valence electrons. The smallest absolute Gasteiger partial charge is 0.193 e. The van der Waals surface area contributed by atoms with E-state index >= 15 is 0 Å². The van der Waals surface area contributed by atoms with Gasteiger partial charge < -0.3 is 19.9 Å². The zero-order chi connectivity index (χ0) is 20.6. The van der Waals surface area contributed by atoms with Crippen LogP contribution in [0.2, 0.25) is 0 Å². The third-order valence-electron chi connectivity index (χ3n) is 5.95. The van der Waals surface area contributed by atoms with Crippen molar-refractivity contribution in [1.82, 2.24) is 15.2 Å². The average molecular weight is 408 g/mol. The second-order valence-corrected chi connectivity index (χ2v) is 8.22. The van der Waals surface area contributed by atoms with Crippen molar-refractivity contribution in [2.24, 2.45) is 10.9 Å². The minimum atomic E-state index is 0.550. The summed E-state index contributed by atoms with van der Waals surface area (Å²) in [4.78, 5) is 13.8. The van der Waals surface area contributed by atoms with Crippen LogP contribution >= 0.6 is 0 Å². The van der Waals surface area contributed by atoms with Crippen LogP contribution in [0.5, 0.6) is 0 Å². The van der Waals surface area contributed by atoms with E-state index in [9.17, 15) is 0 Å². The van der Waals surface area contributed by atoms with Crippen molar-refractivity contribution in [3.8, 4) is 0 Å². The maximum Gasteiger partial charge on any atom is 0.193 e. The molecule has 2 aliphatic heterocycles. The summed E-state index contributed by atoms with van der Waals surface area (Å²) in [5, 5.41) is 3.50. The van der Waals surface area contributed by atoms with Crippen molar-refractivity contribution in [3.63, 3.8) is 0 Å². The maximum atomic E-state index is 5.95. The Morgan fingerprint density at radius 3 is 2.67 bits per heavy atom. The number of nitrogens with one attached hydrogen (secondary N) is 1. The van der Waals surface area contributed by atoms with E-state index < -0.39 is 0 Å². The summed E-state index contributed by atoms with van der Waals surface area (Å²) in [6.07, 6.45) is 5.67. The molecule has 2 fully saturated rings. The first-order chi connectivity index (χ1) is 14.8. The van der Waals surface area contributed by atoms with Gasteiger partial charge in [-0.05, 0) is 36.5 Å². The van der Waals surface area contributed by atoms with Gasteiger partial charge in [-0.1, -0.05) is 36.4 Å². The van der Waals surface area contributed by atoms with Gasteiger partial charge in [-0.3, -0.25) is 4.99 Å². The molecule has 1 aromatic carbocycles. The standard InChI is InChI=1S/C24H33N5O/c1-25-24(27-16-21-9-10-23(26-15-21)28-12-5-6-13-28)29-14-11-22(17-29)19-30-18-20-7-3-2-4-8-20/h2-4,7-10,15,22H,5-6,11-14,16-19H2,1H3,(H,25,27). The number of likely N-dealkylation sites (tertiary alicyclic amines) is 1. The van der Waals surface area contributed by atoms with Crippen LogP contribution in [0.15, 0.2) is 53.7 Å². The summed E-state index contributed by atoms with van der Waals surface area (Å²) >= 11 is 0. The highest BCUT2D eigenvalue weighted by molar-refractivity contribution is 5.80. The van der Waals surface area contributed by atoms with E-state index in [1.165, 1.54) is 24.0 Å². The largest absolute Gasteiger partial charge is 0.376 e. The van der Waals surface area contributed by atoms with Gasteiger partial charge in [-0.15, -0.1) is 0 Å². The second kappa shape index (κ2) is 10.4. The zero-order valence-corrected chi connectivity index (χ0v) is 18.0. The first-order valence-electron chi connectivity index (χ1n) is 11.1. The zero-order valence-electron chi connectivity index (χ0n) is 18.0. The van der Waals surface area contributed by atoms with Gasteiger partial charge in [0, 0.05) is 51.9 Å². The summed E-state index contributed by atoms with van der Waals surface area (Å²) in [6, 6.07) is 14.7. The molecule has 1 aromatic heterocycles. The van der Waals surface area contributed by atoms with E-state index in [4.69, 9.17) is 4.74 Å². The van der Waals surface area contributed by atoms with E-state index in [1.807, 2.05) is 19.3 Å². The topological polar surface area (TPSA) is 53.0 Å². The molecule has 2 aliphatic rings. The van der Waals surface area contributed by atoms with E-state index in [1.54, 1.807) is 0 Å². The van der Waals surface area contributed by atoms with Crippen LogP contribution in [0.25, 0.3) is 0 Å². The van der Waals surface area contributed by atoms with Crippen LogP contribution in [-0.2, 0) is 17.9 Å². The van der Waals surface area contributed by atoms with Gasteiger partial charge in [0.25, 0.3) is 0 Å². The lowest BCUT2D eigenvalue weighted by atomic mass is 10.1. The highest BCUT2D eigenvalue weighted by Gasteiger charge is 2.25. The van der Waals surface area contributed by atoms with Crippen LogP contribution in [-0.4, -0.2) is 55.7 Å². The molecule has 0 radical (unpaired) electrons. The molecule has 1 atom stereocenters. The van der Waals surface area contributed by atoms with Crippen LogP contribution in [0.4, 0.5) is 5.82 Å². The number of aromatic nitrogens is 1. The molecular weight excluding hydrogens is 374 g/mol. The van der Waals surface area contributed by atoms with Gasteiger partial charge in [0.1, 0.15) is 5.82 Å². The SMILES string of the molecule is CN=C(NCc1ccc(N2CCCC2)nc1)N1CCC(COCc2ccccc2)C1. The van der Waals surface area contributed by atoms with Crippen molar-refractivity contribution >= 4 is 11.8 Å². The predicted molar refractivity (Wildman–Crippen MR) is 122 cm³/mol. The average Bonchev–Trinajstić information content (AvgIpc) is 3.48. The fourth-order valence-electron chi connectivity index (χ4n) is 4.25. The number of nitrogens with zero attached hydrogens (tertiary/aromatic N) is 4. The number of rotatable bonds is 7. The Bertz CT molecular complexity index is 802. The number of guanidine groups is 1. The third kappa shape index (κ3) is 5.51. The predicted octanol–water partition coefficient (Wildman–Crippen LogP) is 3.30. The Morgan fingerprint density at radius 2 is 1.93 bits per heavy atom. The van der Waals surface area contributed by atoms with E-state index in [-0.39, 0.29) is 0 Å². The molecule has 0 bridgehead atoms. The molecule has 4 rings (SSSR count). The molecule has 2 aromatic rings. The first kappa shape index (κ1) is 20.7. The summed E-state index contributed by atoms with van der Waals surface area (Å²) < 4.78 is 5.95. The number of hydrogen-bond acceptors (Lipinski definition) is 4. The second-order valence-electron chi connectivity index (χ2n) is 8.22. The molecule has 0 spiro atoms. The van der Waals surface area contributed by atoms with Crippen molar-refractivity contribution in [2.45, 2.75) is 32.4 Å². The van der Waals surface area contributed by atoms with E-state index in [0.29, 0.717) is 12.5 Å². The summed E-state index contributed by atoms with van der Waals surface area (Å²) in [5.74, 6) is 2.61. The van der Waals surface area contributed by atoms with Crippen LogP contribution in [0.1, 0.15) is 30.4 Å². The van der Waals surface area contributed by atoms with E-state index in [0.717, 1.165) is 57.5 Å². The lowest BCUT2D eigenvalue weighted by Gasteiger charge is -2.22. The van der Waals surface area contributed by atoms with Gasteiger partial charge >= 0.3 is 0 Å². The summed E-state index contributed by atoms with van der Waals surface area (Å²) in [5.41, 5.74) is 2.41. The van der Waals surface area contributed by atoms with Crippen LogP contribution < -0.4 is 10.2 Å². The van der Waals surface area contributed by atoms with Crippen molar-refractivity contribution in [1.29, 1.82) is 0 Å². The molecule has 0 amide bonds. The highest BCUT2D eigenvalue weighted by atomic mass is 16.5. The molecule has 0 aliphatic carbocycles. The minimum Gasteiger partial charge on any atom is -0.376 e. The molecule has 1 N–H and O–H groups in total. The lowest BCUT2D eigenvalue weighted by molar-refractivity contribution is 0.0906. The molecule has 6 nitrogen and oxygen atoms in total. The molecule has 6 heteroatoms. The van der Waals surface area contributed by atoms with Gasteiger partial charge in [-0.2, -0.15) is 0 Å². The van der Waals surface area contributed by atoms with Gasteiger partial charge in [-0.25, -0.2) is 4.98 Å². The van der Waals surface area contributed by atoms with Gasteiger partial charge in [0.2, 0.25) is 0 Å². The molecule has 3 heterocycles. The lowest BCUT2D eigenvalue weighted by Crippen LogP contribution is -2.39. The minimum absolute atomic E-state index is 0.550. The fourth-order valence-corrected chi connectivity index (χ4v) is 4.25. The van der Waals surface area contributed by atoms with Crippen molar-refractivity contribution in [3.05, 3.63) is 59.8 Å². The number of benzene rings is 1. The number of anilines is 1. The number of hydrogen-bond donors (Lipinski definition) is 1. The summed E-state index contributed by atoms with van der Waals surface area (Å²) in [7, 11) is 1.86.